The SMILES string of the molecule is CC(Cc1nnn[nH]1)Oc1cccc(CCc2cccc(OCc3ccc4ccccc4n3)c2)c1. The molecule has 1 atom stereocenters. The molecule has 2 aromatic heterocycles. The van der Waals surface area contributed by atoms with Crippen molar-refractivity contribution in [1.82, 2.24) is 25.6 Å². The molecule has 0 fully saturated rings. The van der Waals surface area contributed by atoms with E-state index in [1.165, 1.54) is 11.1 Å². The number of nitrogens with one attached hydrogen (secondary N) is 1. The Labute approximate surface area is 204 Å². The van der Waals surface area contributed by atoms with Crippen molar-refractivity contribution in [3.05, 3.63) is 108 Å². The Morgan fingerprint density at radius 3 is 2.40 bits per heavy atom. The number of H-pyrrole nitrogens is 1. The molecule has 35 heavy (non-hydrogen) atoms. The summed E-state index contributed by atoms with van der Waals surface area (Å²) in [6.07, 6.45) is 2.41. The van der Waals surface area contributed by atoms with E-state index >= 15 is 0 Å². The van der Waals surface area contributed by atoms with Gasteiger partial charge in [0.1, 0.15) is 24.2 Å². The Hall–Kier alpha value is -4.26. The average Bonchev–Trinajstić information content (AvgIpc) is 3.39. The summed E-state index contributed by atoms with van der Waals surface area (Å²) in [6.45, 7) is 2.45. The maximum atomic E-state index is 6.06. The number of ether oxygens (including phenoxy) is 2. The molecule has 0 aliphatic carbocycles. The van der Waals surface area contributed by atoms with Gasteiger partial charge in [0.05, 0.1) is 11.2 Å². The summed E-state index contributed by atoms with van der Waals surface area (Å²) < 4.78 is 12.1. The van der Waals surface area contributed by atoms with Crippen molar-refractivity contribution < 1.29 is 9.47 Å². The zero-order valence-electron chi connectivity index (χ0n) is 19.6. The van der Waals surface area contributed by atoms with Gasteiger partial charge in [-0.25, -0.2) is 10.1 Å². The Balaban J connectivity index is 1.15. The van der Waals surface area contributed by atoms with Crippen LogP contribution in [0.25, 0.3) is 10.9 Å². The van der Waals surface area contributed by atoms with Crippen LogP contribution in [0.15, 0.2) is 84.9 Å². The number of fused-ring (bicyclic) bond motifs is 1. The van der Waals surface area contributed by atoms with Crippen molar-refractivity contribution in [2.24, 2.45) is 0 Å². The first-order valence-corrected chi connectivity index (χ1v) is 11.8. The molecule has 1 N–H and O–H groups in total. The summed E-state index contributed by atoms with van der Waals surface area (Å²) in [5, 5.41) is 15.0. The number of tetrazole rings is 1. The molecule has 7 heteroatoms. The van der Waals surface area contributed by atoms with Crippen LogP contribution in [0.5, 0.6) is 11.5 Å². The number of aromatic amines is 1. The van der Waals surface area contributed by atoms with E-state index in [1.807, 2.05) is 55.5 Å². The van der Waals surface area contributed by atoms with Crippen molar-refractivity contribution in [1.29, 1.82) is 0 Å². The maximum absolute atomic E-state index is 6.06. The number of para-hydroxylation sites is 1. The van der Waals surface area contributed by atoms with Gasteiger partial charge in [-0.05, 0) is 77.7 Å². The summed E-state index contributed by atoms with van der Waals surface area (Å²) in [5.41, 5.74) is 4.35. The van der Waals surface area contributed by atoms with E-state index in [9.17, 15) is 0 Å². The summed E-state index contributed by atoms with van der Waals surface area (Å²) in [4.78, 5) is 4.69. The zero-order chi connectivity index (χ0) is 23.9. The third-order valence-corrected chi connectivity index (χ3v) is 5.75. The monoisotopic (exact) mass is 465 g/mol. The topological polar surface area (TPSA) is 85.8 Å². The highest BCUT2D eigenvalue weighted by molar-refractivity contribution is 5.78. The molecule has 0 spiro atoms. The zero-order valence-corrected chi connectivity index (χ0v) is 19.6. The number of hydrogen-bond donors (Lipinski definition) is 1. The standard InChI is InChI=1S/C28H27N5O2/c1-20(16-28-30-32-33-31-28)35-26-10-5-7-22(18-26)13-12-21-6-4-9-25(17-21)34-19-24-15-14-23-8-2-3-11-27(23)29-24/h2-11,14-15,17-18,20H,12-13,16,19H2,1H3,(H,30,31,32,33). The molecule has 0 bridgehead atoms. The second-order valence-electron chi connectivity index (χ2n) is 8.56. The number of rotatable bonds is 10. The van der Waals surface area contributed by atoms with Gasteiger partial charge in [-0.1, -0.05) is 48.5 Å². The third kappa shape index (κ3) is 6.20. The molecule has 5 aromatic rings. The number of benzene rings is 3. The van der Waals surface area contributed by atoms with Gasteiger partial charge in [-0.2, -0.15) is 0 Å². The number of nitrogens with zero attached hydrogens (tertiary/aromatic N) is 4. The Bertz CT molecular complexity index is 1390. The molecule has 5 rings (SSSR count). The molecule has 0 aliphatic heterocycles. The highest BCUT2D eigenvalue weighted by atomic mass is 16.5. The first-order valence-electron chi connectivity index (χ1n) is 11.8. The fourth-order valence-corrected chi connectivity index (χ4v) is 4.01. The lowest BCUT2D eigenvalue weighted by Crippen LogP contribution is -2.16. The first kappa shape index (κ1) is 22.5. The van der Waals surface area contributed by atoms with Crippen LogP contribution in [0.1, 0.15) is 29.6 Å². The second kappa shape index (κ2) is 10.8. The van der Waals surface area contributed by atoms with Crippen LogP contribution in [0, 0.1) is 0 Å². The van der Waals surface area contributed by atoms with E-state index in [2.05, 4.69) is 62.0 Å². The molecule has 7 nitrogen and oxygen atoms in total. The van der Waals surface area contributed by atoms with Crippen LogP contribution < -0.4 is 9.47 Å². The molecule has 0 amide bonds. The van der Waals surface area contributed by atoms with E-state index in [1.54, 1.807) is 0 Å². The number of aromatic nitrogens is 5. The normalized spacial score (nSPS) is 11.9. The Morgan fingerprint density at radius 2 is 1.60 bits per heavy atom. The highest BCUT2D eigenvalue weighted by Gasteiger charge is 2.09. The molecule has 176 valence electrons. The lowest BCUT2D eigenvalue weighted by atomic mass is 10.0. The Kier molecular flexibility index (Phi) is 6.94. The van der Waals surface area contributed by atoms with Crippen molar-refractivity contribution in [3.8, 4) is 11.5 Å². The molecule has 1 unspecified atom stereocenters. The van der Waals surface area contributed by atoms with Gasteiger partial charge in [0.15, 0.2) is 5.82 Å². The molecule has 0 saturated carbocycles. The molecule has 0 aliphatic rings. The van der Waals surface area contributed by atoms with Crippen molar-refractivity contribution in [2.75, 3.05) is 0 Å². The van der Waals surface area contributed by atoms with Gasteiger partial charge in [0, 0.05) is 11.8 Å². The van der Waals surface area contributed by atoms with Crippen LogP contribution in [0.3, 0.4) is 0 Å². The van der Waals surface area contributed by atoms with E-state index < -0.39 is 0 Å². The van der Waals surface area contributed by atoms with E-state index in [-0.39, 0.29) is 6.10 Å². The van der Waals surface area contributed by atoms with E-state index in [0.717, 1.165) is 40.9 Å². The predicted molar refractivity (Wildman–Crippen MR) is 134 cm³/mol. The number of hydrogen-bond acceptors (Lipinski definition) is 6. The molecule has 3 aromatic carbocycles. The molecular formula is C28H27N5O2. The third-order valence-electron chi connectivity index (χ3n) is 5.75. The lowest BCUT2D eigenvalue weighted by Gasteiger charge is -2.14. The quantitative estimate of drug-likeness (QED) is 0.308. The van der Waals surface area contributed by atoms with Gasteiger partial charge in [-0.3, -0.25) is 0 Å². The fourth-order valence-electron chi connectivity index (χ4n) is 4.01. The Morgan fingerprint density at radius 1 is 0.829 bits per heavy atom. The smallest absolute Gasteiger partial charge is 0.152 e. The minimum atomic E-state index is -0.0362. The molecule has 2 heterocycles. The van der Waals surface area contributed by atoms with Crippen molar-refractivity contribution in [3.63, 3.8) is 0 Å². The predicted octanol–water partition coefficient (Wildman–Crippen LogP) is 5.12. The van der Waals surface area contributed by atoms with Crippen LogP contribution >= 0.6 is 0 Å². The molecule has 0 radical (unpaired) electrons. The highest BCUT2D eigenvalue weighted by Crippen LogP contribution is 2.20. The van der Waals surface area contributed by atoms with Crippen LogP contribution in [-0.2, 0) is 25.9 Å². The first-order chi connectivity index (χ1) is 17.2. The number of aryl methyl sites for hydroxylation is 2. The van der Waals surface area contributed by atoms with Crippen molar-refractivity contribution >= 4 is 10.9 Å². The summed E-state index contributed by atoms with van der Waals surface area (Å²) in [7, 11) is 0. The van der Waals surface area contributed by atoms with E-state index in [0.29, 0.717) is 18.9 Å². The minimum absolute atomic E-state index is 0.0362. The summed E-state index contributed by atoms with van der Waals surface area (Å²) in [5.74, 6) is 2.42. The average molecular weight is 466 g/mol. The largest absolute Gasteiger partial charge is 0.490 e. The van der Waals surface area contributed by atoms with Gasteiger partial charge in [0.2, 0.25) is 0 Å². The summed E-state index contributed by atoms with van der Waals surface area (Å²) in [6, 6.07) is 28.7. The minimum Gasteiger partial charge on any atom is -0.490 e. The molecule has 0 saturated heterocycles. The van der Waals surface area contributed by atoms with Gasteiger partial charge in [0.25, 0.3) is 0 Å². The van der Waals surface area contributed by atoms with Gasteiger partial charge < -0.3 is 9.47 Å². The summed E-state index contributed by atoms with van der Waals surface area (Å²) >= 11 is 0. The number of pyridine rings is 1. The lowest BCUT2D eigenvalue weighted by molar-refractivity contribution is 0.219. The maximum Gasteiger partial charge on any atom is 0.152 e. The van der Waals surface area contributed by atoms with Gasteiger partial charge in [-0.15, -0.1) is 5.10 Å². The van der Waals surface area contributed by atoms with Crippen LogP contribution in [0.2, 0.25) is 0 Å². The van der Waals surface area contributed by atoms with Crippen LogP contribution in [0.4, 0.5) is 0 Å². The second-order valence-corrected chi connectivity index (χ2v) is 8.56. The molecular weight excluding hydrogens is 438 g/mol. The van der Waals surface area contributed by atoms with Gasteiger partial charge >= 0.3 is 0 Å². The van der Waals surface area contributed by atoms with E-state index in [4.69, 9.17) is 9.47 Å². The fraction of sp³-hybridized carbons (Fsp3) is 0.214. The van der Waals surface area contributed by atoms with Crippen molar-refractivity contribution in [2.45, 2.75) is 38.9 Å². The van der Waals surface area contributed by atoms with Crippen LogP contribution in [-0.4, -0.2) is 31.7 Å².